The molecule has 2 saturated heterocycles. The highest BCUT2D eigenvalue weighted by Gasteiger charge is 2.31. The largest absolute Gasteiger partial charge is 0.387 e. The van der Waals surface area contributed by atoms with Crippen molar-refractivity contribution in [3.63, 3.8) is 0 Å². The van der Waals surface area contributed by atoms with Crippen molar-refractivity contribution in [1.29, 1.82) is 0 Å². The molecule has 0 aliphatic carbocycles. The molecule has 8 heteroatoms. The van der Waals surface area contributed by atoms with E-state index in [9.17, 15) is 9.90 Å². The third kappa shape index (κ3) is 6.19. The van der Waals surface area contributed by atoms with Crippen molar-refractivity contribution in [3.05, 3.63) is 0 Å². The van der Waals surface area contributed by atoms with Crippen molar-refractivity contribution in [3.8, 4) is 0 Å². The van der Waals surface area contributed by atoms with Crippen molar-refractivity contribution >= 4 is 47.6 Å². The number of nitrogens with one attached hydrogen (secondary N) is 3. The van der Waals surface area contributed by atoms with Gasteiger partial charge in [0, 0.05) is 31.3 Å². The monoisotopic (exact) mass is 428 g/mol. The summed E-state index contributed by atoms with van der Waals surface area (Å²) in [6.07, 6.45) is 2.17. The molecule has 21 heavy (non-hydrogen) atoms. The summed E-state index contributed by atoms with van der Waals surface area (Å²) in [5.74, 6) is 2.60. The lowest BCUT2D eigenvalue weighted by molar-refractivity contribution is -0.122. The Morgan fingerprint density at radius 2 is 2.43 bits per heavy atom. The molecule has 0 radical (unpaired) electrons. The zero-order valence-corrected chi connectivity index (χ0v) is 15.5. The van der Waals surface area contributed by atoms with Gasteiger partial charge in [0.25, 0.3) is 0 Å². The first-order valence-corrected chi connectivity index (χ1v) is 8.38. The van der Waals surface area contributed by atoms with Crippen molar-refractivity contribution < 1.29 is 9.90 Å². The van der Waals surface area contributed by atoms with E-state index in [0.29, 0.717) is 19.5 Å². The third-order valence-electron chi connectivity index (χ3n) is 3.56. The number of thioether (sulfide) groups is 1. The number of carbonyl (C=O) groups is 1. The van der Waals surface area contributed by atoms with Crippen LogP contribution in [0, 0.1) is 0 Å². The Morgan fingerprint density at radius 3 is 3.00 bits per heavy atom. The van der Waals surface area contributed by atoms with Gasteiger partial charge in [0.15, 0.2) is 5.96 Å². The first-order valence-electron chi connectivity index (χ1n) is 7.23. The summed E-state index contributed by atoms with van der Waals surface area (Å²) in [5.41, 5.74) is -0.659. The summed E-state index contributed by atoms with van der Waals surface area (Å²) in [6, 6.07) is 0.207. The van der Waals surface area contributed by atoms with Crippen LogP contribution >= 0.6 is 35.7 Å². The Kier molecular flexibility index (Phi) is 8.10. The normalized spacial score (nSPS) is 29.5. The van der Waals surface area contributed by atoms with E-state index >= 15 is 0 Å². The molecular formula is C13H25IN4O2S. The second kappa shape index (κ2) is 9.04. The lowest BCUT2D eigenvalue weighted by Gasteiger charge is -2.26. The number of guanidine groups is 1. The van der Waals surface area contributed by atoms with Gasteiger partial charge in [-0.2, -0.15) is 11.8 Å². The van der Waals surface area contributed by atoms with Crippen molar-refractivity contribution in [2.75, 3.05) is 31.1 Å². The van der Waals surface area contributed by atoms with E-state index in [1.54, 1.807) is 11.8 Å². The van der Waals surface area contributed by atoms with Crippen LogP contribution in [0.15, 0.2) is 4.99 Å². The molecule has 2 aliphatic rings. The number of carbonyl (C=O) groups excluding carboxylic acids is 1. The molecule has 2 atom stereocenters. The van der Waals surface area contributed by atoms with Crippen LogP contribution in [0.1, 0.15) is 26.2 Å². The van der Waals surface area contributed by atoms with Gasteiger partial charge in [0.05, 0.1) is 12.1 Å². The van der Waals surface area contributed by atoms with Gasteiger partial charge in [-0.25, -0.2) is 0 Å². The van der Waals surface area contributed by atoms with Gasteiger partial charge in [0.1, 0.15) is 0 Å². The number of piperidine rings is 1. The zero-order valence-electron chi connectivity index (χ0n) is 12.4. The van der Waals surface area contributed by atoms with E-state index < -0.39 is 5.60 Å². The van der Waals surface area contributed by atoms with Gasteiger partial charge in [-0.05, 0) is 25.5 Å². The summed E-state index contributed by atoms with van der Waals surface area (Å²) >= 11 is 1.77. The summed E-state index contributed by atoms with van der Waals surface area (Å²) in [4.78, 5) is 15.6. The molecule has 0 saturated carbocycles. The van der Waals surface area contributed by atoms with Crippen LogP contribution < -0.4 is 16.0 Å². The molecule has 122 valence electrons. The minimum atomic E-state index is -0.659. The SMILES string of the molecule is CCNC(=NCC1(O)CCSC1)NC1CCC(=O)NC1.I. The van der Waals surface area contributed by atoms with Gasteiger partial charge in [-0.15, -0.1) is 24.0 Å². The van der Waals surface area contributed by atoms with Crippen LogP contribution in [-0.4, -0.2) is 59.8 Å². The molecule has 2 fully saturated rings. The second-order valence-corrected chi connectivity index (χ2v) is 6.51. The highest BCUT2D eigenvalue weighted by atomic mass is 127. The summed E-state index contributed by atoms with van der Waals surface area (Å²) in [6.45, 7) is 3.84. The number of rotatable bonds is 4. The minimum absolute atomic E-state index is 0. The first-order chi connectivity index (χ1) is 9.61. The highest BCUT2D eigenvalue weighted by Crippen LogP contribution is 2.27. The Hall–Kier alpha value is -0.220. The fourth-order valence-corrected chi connectivity index (χ4v) is 3.60. The maximum atomic E-state index is 11.1. The second-order valence-electron chi connectivity index (χ2n) is 5.41. The van der Waals surface area contributed by atoms with E-state index in [-0.39, 0.29) is 35.9 Å². The molecule has 6 nitrogen and oxygen atoms in total. The predicted molar refractivity (Wildman–Crippen MR) is 97.5 cm³/mol. The van der Waals surface area contributed by atoms with Crippen LogP contribution in [0.3, 0.4) is 0 Å². The van der Waals surface area contributed by atoms with Crippen molar-refractivity contribution in [2.45, 2.75) is 37.8 Å². The lowest BCUT2D eigenvalue weighted by Crippen LogP contribution is -2.51. The van der Waals surface area contributed by atoms with Crippen LogP contribution in [0.5, 0.6) is 0 Å². The molecule has 0 bridgehead atoms. The summed E-state index contributed by atoms with van der Waals surface area (Å²) in [7, 11) is 0. The van der Waals surface area contributed by atoms with Gasteiger partial charge in [-0.3, -0.25) is 9.79 Å². The molecular weight excluding hydrogens is 403 g/mol. The Bertz CT molecular complexity index is 365. The molecule has 4 N–H and O–H groups in total. The molecule has 0 aromatic carbocycles. The number of aliphatic hydroxyl groups is 1. The summed E-state index contributed by atoms with van der Waals surface area (Å²) in [5, 5.41) is 19.7. The third-order valence-corrected chi connectivity index (χ3v) is 4.80. The van der Waals surface area contributed by atoms with Crippen LogP contribution in [0.2, 0.25) is 0 Å². The van der Waals surface area contributed by atoms with E-state index in [1.807, 2.05) is 6.92 Å². The van der Waals surface area contributed by atoms with E-state index in [0.717, 1.165) is 36.9 Å². The molecule has 0 aromatic rings. The fraction of sp³-hybridized carbons (Fsp3) is 0.846. The first kappa shape index (κ1) is 18.8. The summed E-state index contributed by atoms with van der Waals surface area (Å²) < 4.78 is 0. The van der Waals surface area contributed by atoms with Gasteiger partial charge in [-0.1, -0.05) is 0 Å². The van der Waals surface area contributed by atoms with Gasteiger partial charge >= 0.3 is 0 Å². The highest BCUT2D eigenvalue weighted by molar-refractivity contribution is 14.0. The van der Waals surface area contributed by atoms with Crippen molar-refractivity contribution in [1.82, 2.24) is 16.0 Å². The maximum absolute atomic E-state index is 11.1. The molecule has 2 heterocycles. The van der Waals surface area contributed by atoms with Crippen LogP contribution in [0.25, 0.3) is 0 Å². The van der Waals surface area contributed by atoms with Crippen molar-refractivity contribution in [2.24, 2.45) is 4.99 Å². The smallest absolute Gasteiger partial charge is 0.220 e. The lowest BCUT2D eigenvalue weighted by atomic mass is 10.0. The zero-order chi connectivity index (χ0) is 14.4. The molecule has 0 aromatic heterocycles. The Balaban J connectivity index is 0.00000220. The number of hydrogen-bond acceptors (Lipinski definition) is 4. The topological polar surface area (TPSA) is 85.8 Å². The number of amides is 1. The van der Waals surface area contributed by atoms with E-state index in [1.165, 1.54) is 0 Å². The molecule has 2 unspecified atom stereocenters. The fourth-order valence-electron chi connectivity index (χ4n) is 2.32. The molecule has 2 aliphatic heterocycles. The molecule has 0 spiro atoms. The van der Waals surface area contributed by atoms with Crippen LogP contribution in [-0.2, 0) is 4.79 Å². The number of aliphatic imine (C=N–C) groups is 1. The maximum Gasteiger partial charge on any atom is 0.220 e. The standard InChI is InChI=1S/C13H24N4O2S.HI/c1-2-14-12(16-8-13(19)5-6-20-9-13)17-10-3-4-11(18)15-7-10;/h10,19H,2-9H2,1H3,(H,15,18)(H2,14,16,17);1H. The van der Waals surface area contributed by atoms with E-state index in [2.05, 4.69) is 20.9 Å². The average Bonchev–Trinajstić information content (AvgIpc) is 2.86. The van der Waals surface area contributed by atoms with E-state index in [4.69, 9.17) is 0 Å². The average molecular weight is 428 g/mol. The quantitative estimate of drug-likeness (QED) is 0.294. The molecule has 2 rings (SSSR count). The van der Waals surface area contributed by atoms with Gasteiger partial charge < -0.3 is 21.1 Å². The molecule has 1 amide bonds. The van der Waals surface area contributed by atoms with Crippen LogP contribution in [0.4, 0.5) is 0 Å². The Morgan fingerprint density at radius 1 is 1.62 bits per heavy atom. The number of hydrogen-bond donors (Lipinski definition) is 4. The minimum Gasteiger partial charge on any atom is -0.387 e. The number of nitrogens with zero attached hydrogens (tertiary/aromatic N) is 1. The van der Waals surface area contributed by atoms with Gasteiger partial charge in [0.2, 0.25) is 5.91 Å². The predicted octanol–water partition coefficient (Wildman–Crippen LogP) is 0.306. The number of halogens is 1. The Labute approximate surface area is 147 Å².